The van der Waals surface area contributed by atoms with E-state index in [2.05, 4.69) is 19.9 Å². The van der Waals surface area contributed by atoms with Crippen molar-refractivity contribution in [2.45, 2.75) is 9.92 Å². The smallest absolute Gasteiger partial charge is 0.181 e. The van der Waals surface area contributed by atoms with Crippen LogP contribution in [0.1, 0.15) is 5.56 Å². The zero-order chi connectivity index (χ0) is 14.1. The highest BCUT2D eigenvalue weighted by atomic mass is 35.5. The number of aromatic nitrogens is 4. The summed E-state index contributed by atoms with van der Waals surface area (Å²) < 4.78 is 0. The molecular weight excluding hydrogens is 296 g/mol. The lowest BCUT2D eigenvalue weighted by molar-refractivity contribution is 1.08. The predicted molar refractivity (Wildman–Crippen MR) is 78.3 cm³/mol. The zero-order valence-electron chi connectivity index (χ0n) is 10.1. The maximum Gasteiger partial charge on any atom is 0.181 e. The third kappa shape index (κ3) is 2.33. The summed E-state index contributed by atoms with van der Waals surface area (Å²) in [5.74, 6) is -0.0513. The van der Waals surface area contributed by atoms with E-state index in [0.717, 1.165) is 15.4 Å². The van der Waals surface area contributed by atoms with Gasteiger partial charge in [0.15, 0.2) is 5.65 Å². The maximum absolute atomic E-state index is 7.41. The molecule has 0 aliphatic carbocycles. The van der Waals surface area contributed by atoms with Gasteiger partial charge in [0.25, 0.3) is 0 Å². The van der Waals surface area contributed by atoms with Gasteiger partial charge in [0.05, 0.1) is 11.3 Å². The van der Waals surface area contributed by atoms with Gasteiger partial charge in [-0.15, -0.1) is 0 Å². The molecule has 0 unspecified atom stereocenters. The Balaban J connectivity index is 1.97. The molecule has 0 saturated heterocycles. The fourth-order valence-corrected chi connectivity index (χ4v) is 2.94. The monoisotopic (exact) mass is 304 g/mol. The fraction of sp³-hybridized carbons (Fsp3) is 0. The van der Waals surface area contributed by atoms with Gasteiger partial charge in [0.1, 0.15) is 22.7 Å². The molecule has 4 N–H and O–H groups in total. The summed E-state index contributed by atoms with van der Waals surface area (Å²) in [6.45, 7) is 0. The minimum atomic E-state index is -0.0513. The van der Waals surface area contributed by atoms with Crippen molar-refractivity contribution in [1.29, 1.82) is 5.41 Å². The molecule has 0 spiro atoms. The molecule has 1 aromatic carbocycles. The van der Waals surface area contributed by atoms with Crippen LogP contribution in [-0.4, -0.2) is 25.8 Å². The van der Waals surface area contributed by atoms with E-state index in [4.69, 9.17) is 22.7 Å². The average molecular weight is 305 g/mol. The van der Waals surface area contributed by atoms with Crippen LogP contribution in [0, 0.1) is 5.41 Å². The summed E-state index contributed by atoms with van der Waals surface area (Å²) in [7, 11) is 0. The number of hydrogen-bond acceptors (Lipinski definition) is 5. The van der Waals surface area contributed by atoms with Gasteiger partial charge in [0.2, 0.25) is 0 Å². The molecule has 0 amide bonds. The van der Waals surface area contributed by atoms with E-state index >= 15 is 0 Å². The second-order valence-electron chi connectivity index (χ2n) is 3.94. The number of amidine groups is 1. The normalized spacial score (nSPS) is 10.8. The number of benzene rings is 1. The van der Waals surface area contributed by atoms with Crippen molar-refractivity contribution < 1.29 is 0 Å². The molecule has 0 bridgehead atoms. The molecular formula is C12H9ClN6S. The first-order valence-corrected chi connectivity index (χ1v) is 6.80. The van der Waals surface area contributed by atoms with Crippen molar-refractivity contribution in [1.82, 2.24) is 19.9 Å². The topological polar surface area (TPSA) is 104 Å². The van der Waals surface area contributed by atoms with Crippen molar-refractivity contribution in [3.8, 4) is 0 Å². The summed E-state index contributed by atoms with van der Waals surface area (Å²) in [6, 6.07) is 5.32. The standard InChI is InChI=1S/C12H9ClN6S/c13-8-3-6(1-2-7(8)10(14)15)20-12-9-11(17-4-16-9)18-5-19-12/h1-5H,(H3,14,15)(H,16,17,18,19). The van der Waals surface area contributed by atoms with Gasteiger partial charge in [-0.05, 0) is 18.2 Å². The number of nitrogens with one attached hydrogen (secondary N) is 2. The van der Waals surface area contributed by atoms with Gasteiger partial charge >= 0.3 is 0 Å². The van der Waals surface area contributed by atoms with Gasteiger partial charge < -0.3 is 10.7 Å². The van der Waals surface area contributed by atoms with Gasteiger partial charge in [0, 0.05) is 10.5 Å². The lowest BCUT2D eigenvalue weighted by Crippen LogP contribution is -2.11. The molecule has 0 fully saturated rings. The van der Waals surface area contributed by atoms with Crippen LogP contribution in [0.25, 0.3) is 11.2 Å². The number of aromatic amines is 1. The molecule has 100 valence electrons. The lowest BCUT2D eigenvalue weighted by atomic mass is 10.2. The summed E-state index contributed by atoms with van der Waals surface area (Å²) in [5, 5.41) is 8.61. The first-order valence-electron chi connectivity index (χ1n) is 5.61. The van der Waals surface area contributed by atoms with E-state index in [1.54, 1.807) is 18.5 Å². The van der Waals surface area contributed by atoms with Crippen molar-refractivity contribution in [2.24, 2.45) is 5.73 Å². The number of fused-ring (bicyclic) bond motifs is 1. The third-order valence-corrected chi connectivity index (χ3v) is 3.94. The Kier molecular flexibility index (Phi) is 3.29. The van der Waals surface area contributed by atoms with Crippen LogP contribution in [0.2, 0.25) is 5.02 Å². The number of halogens is 1. The van der Waals surface area contributed by atoms with E-state index in [0.29, 0.717) is 16.2 Å². The molecule has 2 aromatic heterocycles. The second kappa shape index (κ2) is 5.10. The van der Waals surface area contributed by atoms with Crippen LogP contribution >= 0.6 is 23.4 Å². The number of nitrogens with two attached hydrogens (primary N) is 1. The highest BCUT2D eigenvalue weighted by molar-refractivity contribution is 7.99. The van der Waals surface area contributed by atoms with Crippen LogP contribution in [0.4, 0.5) is 0 Å². The molecule has 0 saturated carbocycles. The van der Waals surface area contributed by atoms with E-state index in [-0.39, 0.29) is 5.84 Å². The minimum Gasteiger partial charge on any atom is -0.384 e. The van der Waals surface area contributed by atoms with Crippen molar-refractivity contribution in [2.75, 3.05) is 0 Å². The number of imidazole rings is 1. The van der Waals surface area contributed by atoms with Crippen LogP contribution in [0.15, 0.2) is 40.8 Å². The van der Waals surface area contributed by atoms with Gasteiger partial charge in [-0.25, -0.2) is 15.0 Å². The molecule has 0 aliphatic heterocycles. The number of rotatable bonds is 3. The molecule has 8 heteroatoms. The SMILES string of the molecule is N=C(N)c1ccc(Sc2ncnc3nc[nH]c23)cc1Cl. The van der Waals surface area contributed by atoms with E-state index in [1.165, 1.54) is 18.1 Å². The lowest BCUT2D eigenvalue weighted by Gasteiger charge is -2.05. The Labute approximate surface area is 123 Å². The largest absolute Gasteiger partial charge is 0.384 e. The summed E-state index contributed by atoms with van der Waals surface area (Å²) in [5.41, 5.74) is 7.36. The maximum atomic E-state index is 7.41. The van der Waals surface area contributed by atoms with Gasteiger partial charge in [-0.2, -0.15) is 0 Å². The highest BCUT2D eigenvalue weighted by Crippen LogP contribution is 2.32. The van der Waals surface area contributed by atoms with Crippen molar-refractivity contribution in [3.63, 3.8) is 0 Å². The Morgan fingerprint density at radius 2 is 2.15 bits per heavy atom. The van der Waals surface area contributed by atoms with Crippen LogP contribution in [-0.2, 0) is 0 Å². The molecule has 3 rings (SSSR count). The van der Waals surface area contributed by atoms with Crippen LogP contribution < -0.4 is 5.73 Å². The number of nitrogen functional groups attached to an aromatic ring is 1. The average Bonchev–Trinajstić information content (AvgIpc) is 2.87. The number of nitrogens with zero attached hydrogens (tertiary/aromatic N) is 3. The van der Waals surface area contributed by atoms with Gasteiger partial charge in [-0.1, -0.05) is 23.4 Å². The molecule has 0 aliphatic rings. The van der Waals surface area contributed by atoms with Crippen molar-refractivity contribution >= 4 is 40.4 Å². The zero-order valence-corrected chi connectivity index (χ0v) is 11.7. The van der Waals surface area contributed by atoms with E-state index in [1.807, 2.05) is 6.07 Å². The Morgan fingerprint density at radius 3 is 2.90 bits per heavy atom. The number of hydrogen-bond donors (Lipinski definition) is 3. The third-order valence-electron chi connectivity index (χ3n) is 2.63. The summed E-state index contributed by atoms with van der Waals surface area (Å²) in [6.07, 6.45) is 3.05. The van der Waals surface area contributed by atoms with Crippen molar-refractivity contribution in [3.05, 3.63) is 41.4 Å². The quantitative estimate of drug-likeness (QED) is 0.391. The fourth-order valence-electron chi connectivity index (χ4n) is 1.71. The molecule has 0 radical (unpaired) electrons. The van der Waals surface area contributed by atoms with E-state index < -0.39 is 0 Å². The Hall–Kier alpha value is -2.12. The molecule has 2 heterocycles. The summed E-state index contributed by atoms with van der Waals surface area (Å²) >= 11 is 7.54. The summed E-state index contributed by atoms with van der Waals surface area (Å²) in [4.78, 5) is 16.3. The predicted octanol–water partition coefficient (Wildman–Crippen LogP) is 2.44. The van der Waals surface area contributed by atoms with E-state index in [9.17, 15) is 0 Å². The molecule has 0 atom stereocenters. The Morgan fingerprint density at radius 1 is 1.30 bits per heavy atom. The second-order valence-corrected chi connectivity index (χ2v) is 5.41. The molecule has 20 heavy (non-hydrogen) atoms. The minimum absolute atomic E-state index is 0.0513. The van der Waals surface area contributed by atoms with Gasteiger partial charge in [-0.3, -0.25) is 5.41 Å². The Bertz CT molecular complexity index is 799. The van der Waals surface area contributed by atoms with Crippen LogP contribution in [0.3, 0.4) is 0 Å². The number of H-pyrrole nitrogens is 1. The van der Waals surface area contributed by atoms with Crippen LogP contribution in [0.5, 0.6) is 0 Å². The highest BCUT2D eigenvalue weighted by Gasteiger charge is 2.10. The molecule has 3 aromatic rings. The first-order chi connectivity index (χ1) is 9.65. The first kappa shape index (κ1) is 12.9. The molecule has 6 nitrogen and oxygen atoms in total.